The Bertz CT molecular complexity index is 1170. The third kappa shape index (κ3) is 5.50. The van der Waals surface area contributed by atoms with Crippen LogP contribution in [0.15, 0.2) is 83.9 Å². The maximum atomic E-state index is 12.6. The van der Waals surface area contributed by atoms with Crippen molar-refractivity contribution in [3.05, 3.63) is 95.7 Å². The first kappa shape index (κ1) is 21.1. The largest absolute Gasteiger partial charge is 0.325 e. The molecule has 0 spiro atoms. The summed E-state index contributed by atoms with van der Waals surface area (Å²) in [6.07, 6.45) is 0.680. The fourth-order valence-electron chi connectivity index (χ4n) is 3.32. The molecule has 156 valence electrons. The number of carbonyl (C=O) groups excluding carboxylic acids is 1. The topological polar surface area (TPSA) is 54.9 Å². The van der Waals surface area contributed by atoms with Gasteiger partial charge in [0.25, 0.3) is 0 Å². The molecule has 0 aliphatic carbocycles. The molecule has 0 saturated heterocycles. The molecule has 0 atom stereocenters. The Hall–Kier alpha value is -3.18. The molecule has 0 fully saturated rings. The molecule has 0 radical (unpaired) electrons. The molecule has 5 heteroatoms. The highest BCUT2D eigenvalue weighted by Gasteiger charge is 2.13. The summed E-state index contributed by atoms with van der Waals surface area (Å²) in [5.41, 5.74) is 5.83. The van der Waals surface area contributed by atoms with Crippen molar-refractivity contribution in [3.63, 3.8) is 0 Å². The summed E-state index contributed by atoms with van der Waals surface area (Å²) in [5, 5.41) is 3.78. The van der Waals surface area contributed by atoms with Crippen LogP contribution in [0.4, 0.5) is 5.69 Å². The van der Waals surface area contributed by atoms with Gasteiger partial charge in [-0.15, -0.1) is 0 Å². The van der Waals surface area contributed by atoms with Gasteiger partial charge in [0, 0.05) is 12.1 Å². The lowest BCUT2D eigenvalue weighted by atomic mass is 10.0. The van der Waals surface area contributed by atoms with Gasteiger partial charge in [0.2, 0.25) is 5.91 Å². The van der Waals surface area contributed by atoms with Gasteiger partial charge in [-0.1, -0.05) is 80.2 Å². The molecule has 1 aromatic heterocycles. The zero-order valence-corrected chi connectivity index (χ0v) is 18.5. The molecule has 1 amide bonds. The number of hydrogen-bond acceptors (Lipinski definition) is 4. The molecule has 1 heterocycles. The minimum Gasteiger partial charge on any atom is -0.325 e. The van der Waals surface area contributed by atoms with Crippen molar-refractivity contribution in [2.75, 3.05) is 11.1 Å². The lowest BCUT2D eigenvalue weighted by Gasteiger charge is -2.11. The number of fused-ring (bicyclic) bond motifs is 1. The average Bonchev–Trinajstić information content (AvgIpc) is 2.78. The van der Waals surface area contributed by atoms with Crippen LogP contribution >= 0.6 is 11.8 Å². The van der Waals surface area contributed by atoms with E-state index >= 15 is 0 Å². The molecule has 4 nitrogen and oxygen atoms in total. The second-order valence-corrected chi connectivity index (χ2v) is 8.70. The maximum Gasteiger partial charge on any atom is 0.234 e. The molecule has 0 unspecified atom stereocenters. The number of nitrogens with zero attached hydrogens (tertiary/aromatic N) is 2. The zero-order valence-electron chi connectivity index (χ0n) is 17.7. The predicted molar refractivity (Wildman–Crippen MR) is 129 cm³/mol. The molecule has 0 saturated carbocycles. The Labute approximate surface area is 187 Å². The van der Waals surface area contributed by atoms with Crippen LogP contribution in [-0.2, 0) is 11.2 Å². The number of benzene rings is 3. The molecular formula is C26H25N3OS. The first-order valence-corrected chi connectivity index (χ1v) is 11.4. The van der Waals surface area contributed by atoms with Gasteiger partial charge in [-0.25, -0.2) is 9.97 Å². The summed E-state index contributed by atoms with van der Waals surface area (Å²) in [6.45, 7) is 4.31. The van der Waals surface area contributed by atoms with Crippen LogP contribution < -0.4 is 5.32 Å². The van der Waals surface area contributed by atoms with Gasteiger partial charge in [-0.05, 0) is 41.3 Å². The van der Waals surface area contributed by atoms with Crippen molar-refractivity contribution in [2.45, 2.75) is 31.2 Å². The number of amides is 1. The van der Waals surface area contributed by atoms with Crippen LogP contribution in [0, 0.1) is 0 Å². The van der Waals surface area contributed by atoms with E-state index in [2.05, 4.69) is 43.4 Å². The second kappa shape index (κ2) is 9.75. The summed E-state index contributed by atoms with van der Waals surface area (Å²) >= 11 is 1.43. The van der Waals surface area contributed by atoms with Gasteiger partial charge in [-0.2, -0.15) is 0 Å². The Balaban J connectivity index is 1.49. The molecule has 4 aromatic rings. The van der Waals surface area contributed by atoms with Crippen LogP contribution in [0.25, 0.3) is 11.0 Å². The lowest BCUT2D eigenvalue weighted by molar-refractivity contribution is -0.113. The van der Waals surface area contributed by atoms with E-state index in [4.69, 9.17) is 9.97 Å². The first-order chi connectivity index (χ1) is 15.1. The van der Waals surface area contributed by atoms with Gasteiger partial charge >= 0.3 is 0 Å². The summed E-state index contributed by atoms with van der Waals surface area (Å²) in [6, 6.07) is 26.1. The Morgan fingerprint density at radius 2 is 1.52 bits per heavy atom. The van der Waals surface area contributed by atoms with Gasteiger partial charge in [0.15, 0.2) is 0 Å². The monoisotopic (exact) mass is 427 g/mol. The number of thioether (sulfide) groups is 1. The number of nitrogens with one attached hydrogen (secondary N) is 1. The minimum absolute atomic E-state index is 0.0529. The average molecular weight is 428 g/mol. The van der Waals surface area contributed by atoms with Gasteiger partial charge in [0.05, 0.1) is 22.5 Å². The molecule has 0 aliphatic heterocycles. The van der Waals surface area contributed by atoms with E-state index in [0.717, 1.165) is 27.4 Å². The third-order valence-corrected chi connectivity index (χ3v) is 6.03. The van der Waals surface area contributed by atoms with E-state index in [1.165, 1.54) is 22.9 Å². The summed E-state index contributed by atoms with van der Waals surface area (Å²) in [5.74, 6) is 0.693. The minimum atomic E-state index is -0.0529. The van der Waals surface area contributed by atoms with E-state index in [9.17, 15) is 4.79 Å². The van der Waals surface area contributed by atoms with E-state index in [0.29, 0.717) is 12.3 Å². The Kier molecular flexibility index (Phi) is 6.63. The number of hydrogen-bond donors (Lipinski definition) is 1. The third-order valence-electron chi connectivity index (χ3n) is 5.02. The molecule has 0 aliphatic rings. The standard InChI is InChI=1S/C26H25N3OS/c1-18(2)20-12-14-21(15-13-20)27-25(30)17-31-26-24(16-19-8-4-3-5-9-19)28-22-10-6-7-11-23(22)29-26/h3-15,18H,16-17H2,1-2H3,(H,27,30). The van der Waals surface area contributed by atoms with Crippen molar-refractivity contribution in [1.82, 2.24) is 9.97 Å². The van der Waals surface area contributed by atoms with E-state index in [1.54, 1.807) is 0 Å². The summed E-state index contributed by atoms with van der Waals surface area (Å²) in [4.78, 5) is 22.2. The normalized spacial score (nSPS) is 11.1. The van der Waals surface area contributed by atoms with Crippen molar-refractivity contribution in [1.29, 1.82) is 0 Å². The molecule has 31 heavy (non-hydrogen) atoms. The summed E-state index contributed by atoms with van der Waals surface area (Å²) < 4.78 is 0. The number of para-hydroxylation sites is 2. The number of aromatic nitrogens is 2. The first-order valence-electron chi connectivity index (χ1n) is 10.4. The van der Waals surface area contributed by atoms with Gasteiger partial charge in [-0.3, -0.25) is 4.79 Å². The predicted octanol–water partition coefficient (Wildman–Crippen LogP) is 6.07. The van der Waals surface area contributed by atoms with E-state index in [-0.39, 0.29) is 11.7 Å². The molecule has 1 N–H and O–H groups in total. The fraction of sp³-hybridized carbons (Fsp3) is 0.192. The maximum absolute atomic E-state index is 12.6. The fourth-order valence-corrected chi connectivity index (χ4v) is 4.11. The SMILES string of the molecule is CC(C)c1ccc(NC(=O)CSc2nc3ccccc3nc2Cc2ccccc2)cc1. The van der Waals surface area contributed by atoms with E-state index < -0.39 is 0 Å². The Morgan fingerprint density at radius 3 is 2.19 bits per heavy atom. The quantitative estimate of drug-likeness (QED) is 0.363. The van der Waals surface area contributed by atoms with Crippen LogP contribution in [0.2, 0.25) is 0 Å². The molecule has 0 bridgehead atoms. The van der Waals surface area contributed by atoms with Crippen molar-refractivity contribution in [3.8, 4) is 0 Å². The second-order valence-electron chi connectivity index (χ2n) is 7.74. The number of carbonyl (C=O) groups is 1. The van der Waals surface area contributed by atoms with Crippen molar-refractivity contribution >= 4 is 34.4 Å². The van der Waals surface area contributed by atoms with Gasteiger partial charge < -0.3 is 5.32 Å². The summed E-state index contributed by atoms with van der Waals surface area (Å²) in [7, 11) is 0. The number of anilines is 1. The molecule has 4 rings (SSSR count). The number of rotatable bonds is 7. The highest BCUT2D eigenvalue weighted by molar-refractivity contribution is 8.00. The Morgan fingerprint density at radius 1 is 0.871 bits per heavy atom. The lowest BCUT2D eigenvalue weighted by Crippen LogP contribution is -2.14. The molecular weight excluding hydrogens is 402 g/mol. The van der Waals surface area contributed by atoms with Crippen LogP contribution in [-0.4, -0.2) is 21.6 Å². The van der Waals surface area contributed by atoms with Crippen LogP contribution in [0.5, 0.6) is 0 Å². The van der Waals surface area contributed by atoms with Gasteiger partial charge in [0.1, 0.15) is 5.03 Å². The highest BCUT2D eigenvalue weighted by atomic mass is 32.2. The van der Waals surface area contributed by atoms with E-state index in [1.807, 2.05) is 54.6 Å². The van der Waals surface area contributed by atoms with Crippen molar-refractivity contribution in [2.24, 2.45) is 0 Å². The highest BCUT2D eigenvalue weighted by Crippen LogP contribution is 2.25. The zero-order chi connectivity index (χ0) is 21.6. The van der Waals surface area contributed by atoms with Crippen LogP contribution in [0.1, 0.15) is 36.6 Å². The smallest absolute Gasteiger partial charge is 0.234 e. The van der Waals surface area contributed by atoms with Crippen LogP contribution in [0.3, 0.4) is 0 Å². The molecule has 3 aromatic carbocycles. The van der Waals surface area contributed by atoms with Crippen molar-refractivity contribution < 1.29 is 4.79 Å².